The van der Waals surface area contributed by atoms with Gasteiger partial charge in [-0.15, -0.1) is 0 Å². The number of ketones is 1. The molecule has 180 valence electrons. The highest BCUT2D eigenvalue weighted by Gasteiger charge is 2.64. The van der Waals surface area contributed by atoms with E-state index in [9.17, 15) is 14.4 Å². The van der Waals surface area contributed by atoms with Gasteiger partial charge in [0.1, 0.15) is 11.8 Å². The Balaban J connectivity index is 1.49. The molecule has 2 amide bonds. The molecule has 6 rings (SSSR count). The maximum Gasteiger partial charge on any atom is 0.240 e. The van der Waals surface area contributed by atoms with Crippen molar-refractivity contribution in [2.75, 3.05) is 12.0 Å². The Morgan fingerprint density at radius 3 is 2.50 bits per heavy atom. The van der Waals surface area contributed by atoms with Gasteiger partial charge in [0.25, 0.3) is 0 Å². The molecule has 4 atom stereocenters. The number of Topliss-reactive ketones (excluding diaryl/α,β-unsaturated/α-hetero) is 1. The van der Waals surface area contributed by atoms with Crippen LogP contribution in [0.5, 0.6) is 5.75 Å². The third-order valence-corrected chi connectivity index (χ3v) is 8.09. The van der Waals surface area contributed by atoms with Crippen LogP contribution in [0, 0.1) is 11.8 Å². The first kappa shape index (κ1) is 23.0. The average Bonchev–Trinajstić information content (AvgIpc) is 3.36. The van der Waals surface area contributed by atoms with Crippen molar-refractivity contribution >= 4 is 56.9 Å². The van der Waals surface area contributed by atoms with Gasteiger partial charge in [0.05, 0.1) is 35.1 Å². The van der Waals surface area contributed by atoms with Gasteiger partial charge >= 0.3 is 0 Å². The molecule has 0 aliphatic carbocycles. The Morgan fingerprint density at radius 1 is 0.972 bits per heavy atom. The first-order valence-corrected chi connectivity index (χ1v) is 12.6. The number of carbonyl (C=O) groups is 3. The topological polar surface area (TPSA) is 66.9 Å². The Hall–Kier alpha value is -3.42. The molecule has 3 aromatic carbocycles. The van der Waals surface area contributed by atoms with Crippen LogP contribution in [0.4, 0.5) is 5.69 Å². The van der Waals surface area contributed by atoms with Crippen LogP contribution >= 0.6 is 27.5 Å². The lowest BCUT2D eigenvalue weighted by molar-refractivity contribution is -0.123. The number of imide groups is 1. The van der Waals surface area contributed by atoms with E-state index < -0.39 is 29.8 Å². The zero-order chi connectivity index (χ0) is 25.1. The second-order valence-electron chi connectivity index (χ2n) is 9.04. The van der Waals surface area contributed by atoms with Crippen LogP contribution in [0.3, 0.4) is 0 Å². The first-order valence-electron chi connectivity index (χ1n) is 11.5. The number of halogens is 2. The molecule has 36 heavy (non-hydrogen) atoms. The number of anilines is 1. The van der Waals surface area contributed by atoms with Gasteiger partial charge in [-0.25, -0.2) is 4.90 Å². The summed E-state index contributed by atoms with van der Waals surface area (Å²) < 4.78 is 5.94. The fourth-order valence-electron chi connectivity index (χ4n) is 5.72. The predicted octanol–water partition coefficient (Wildman–Crippen LogP) is 5.51. The average molecular weight is 564 g/mol. The third-order valence-electron chi connectivity index (χ3n) is 7.23. The number of amides is 2. The highest BCUT2D eigenvalue weighted by atomic mass is 79.9. The van der Waals surface area contributed by atoms with Crippen LogP contribution in [0.1, 0.15) is 27.5 Å². The number of hydrogen-bond acceptors (Lipinski definition) is 5. The number of methoxy groups -OCH3 is 1. The van der Waals surface area contributed by atoms with E-state index in [1.807, 2.05) is 41.4 Å². The number of benzene rings is 3. The summed E-state index contributed by atoms with van der Waals surface area (Å²) >= 11 is 9.63. The minimum Gasteiger partial charge on any atom is -0.496 e. The molecule has 0 spiro atoms. The second-order valence-corrected chi connectivity index (χ2v) is 10.3. The quantitative estimate of drug-likeness (QED) is 0.309. The Morgan fingerprint density at radius 2 is 1.75 bits per heavy atom. The summed E-state index contributed by atoms with van der Waals surface area (Å²) in [6, 6.07) is 18.3. The van der Waals surface area contributed by atoms with Crippen molar-refractivity contribution in [1.82, 2.24) is 4.90 Å². The third kappa shape index (κ3) is 3.33. The van der Waals surface area contributed by atoms with E-state index in [0.717, 1.165) is 11.1 Å². The molecule has 3 aliphatic heterocycles. The second kappa shape index (κ2) is 8.61. The lowest BCUT2D eigenvalue weighted by atomic mass is 9.83. The number of ether oxygens (including phenoxy) is 1. The van der Waals surface area contributed by atoms with Crippen molar-refractivity contribution in [1.29, 1.82) is 0 Å². The Kier molecular flexibility index (Phi) is 5.50. The van der Waals surface area contributed by atoms with Crippen LogP contribution in [-0.4, -0.2) is 35.6 Å². The summed E-state index contributed by atoms with van der Waals surface area (Å²) in [4.78, 5) is 44.9. The molecule has 8 heteroatoms. The van der Waals surface area contributed by atoms with E-state index in [2.05, 4.69) is 15.9 Å². The monoisotopic (exact) mass is 562 g/mol. The molecule has 6 nitrogen and oxygen atoms in total. The van der Waals surface area contributed by atoms with Crippen LogP contribution in [-0.2, 0) is 9.59 Å². The van der Waals surface area contributed by atoms with Crippen LogP contribution in [0.15, 0.2) is 77.4 Å². The number of nitrogens with zero attached hydrogens (tertiary/aromatic N) is 2. The number of carbonyl (C=O) groups excluding carboxylic acids is 3. The van der Waals surface area contributed by atoms with E-state index in [0.29, 0.717) is 26.5 Å². The minimum atomic E-state index is -0.842. The van der Waals surface area contributed by atoms with E-state index in [4.69, 9.17) is 16.3 Å². The van der Waals surface area contributed by atoms with Crippen molar-refractivity contribution in [2.24, 2.45) is 11.8 Å². The molecule has 3 aromatic rings. The summed E-state index contributed by atoms with van der Waals surface area (Å²) in [5, 5.41) is 0.424. The van der Waals surface area contributed by atoms with Gasteiger partial charge in [-0.3, -0.25) is 14.4 Å². The van der Waals surface area contributed by atoms with Gasteiger partial charge in [-0.1, -0.05) is 41.9 Å². The van der Waals surface area contributed by atoms with Crippen molar-refractivity contribution in [3.8, 4) is 5.75 Å². The highest BCUT2D eigenvalue weighted by Crippen LogP contribution is 2.53. The maximum atomic E-state index is 14.0. The van der Waals surface area contributed by atoms with Crippen molar-refractivity contribution in [2.45, 2.75) is 12.1 Å². The molecule has 0 aromatic heterocycles. The molecular weight excluding hydrogens is 544 g/mol. The lowest BCUT2D eigenvalue weighted by Gasteiger charge is -2.35. The number of hydrogen-bond donors (Lipinski definition) is 0. The summed E-state index contributed by atoms with van der Waals surface area (Å²) in [6.07, 6.45) is 3.78. The minimum absolute atomic E-state index is 0.228. The van der Waals surface area contributed by atoms with E-state index in [-0.39, 0.29) is 11.7 Å². The molecule has 0 unspecified atom stereocenters. The fourth-order valence-corrected chi connectivity index (χ4v) is 6.44. The van der Waals surface area contributed by atoms with E-state index >= 15 is 0 Å². The zero-order valence-corrected chi connectivity index (χ0v) is 21.4. The highest BCUT2D eigenvalue weighted by molar-refractivity contribution is 9.10. The van der Waals surface area contributed by atoms with Crippen LogP contribution in [0.25, 0.3) is 6.08 Å². The van der Waals surface area contributed by atoms with Gasteiger partial charge in [0, 0.05) is 16.8 Å². The molecule has 0 saturated carbocycles. The molecule has 3 heterocycles. The number of rotatable bonds is 4. The summed E-state index contributed by atoms with van der Waals surface area (Å²) in [7, 11) is 1.55. The molecule has 3 aliphatic rings. The first-order chi connectivity index (χ1) is 17.4. The number of fused-ring (bicyclic) bond motifs is 5. The van der Waals surface area contributed by atoms with E-state index in [1.165, 1.54) is 4.90 Å². The largest absolute Gasteiger partial charge is 0.496 e. The summed E-state index contributed by atoms with van der Waals surface area (Å²) in [5.41, 5.74) is 2.74. The van der Waals surface area contributed by atoms with Gasteiger partial charge in [0.2, 0.25) is 11.8 Å². The zero-order valence-electron chi connectivity index (χ0n) is 19.1. The predicted molar refractivity (Wildman–Crippen MR) is 140 cm³/mol. The molecule has 0 radical (unpaired) electrons. The van der Waals surface area contributed by atoms with Crippen molar-refractivity contribution in [3.05, 3.63) is 99.1 Å². The van der Waals surface area contributed by atoms with Gasteiger partial charge < -0.3 is 9.64 Å². The van der Waals surface area contributed by atoms with Crippen molar-refractivity contribution in [3.63, 3.8) is 0 Å². The van der Waals surface area contributed by atoms with E-state index in [1.54, 1.807) is 49.6 Å². The smallest absolute Gasteiger partial charge is 0.240 e. The molecule has 2 fully saturated rings. The van der Waals surface area contributed by atoms with Gasteiger partial charge in [-0.2, -0.15) is 0 Å². The normalized spacial score (nSPS) is 24.0. The Labute approximate surface area is 221 Å². The van der Waals surface area contributed by atoms with Crippen LogP contribution < -0.4 is 9.64 Å². The standard InChI is InChI=1S/C28H20BrClN2O4/c1-36-21-10-9-16(13-20(21)29)26(33)25-23-22(24-19-8-3-2-5-15(19)11-12-31(24)25)27(34)32(28(23)35)18-7-4-6-17(30)14-18/h2-14,22-25H,1H3/t22-,23+,24+,25-/m0/s1. The van der Waals surface area contributed by atoms with Gasteiger partial charge in [-0.05, 0) is 69.5 Å². The maximum absolute atomic E-state index is 14.0. The molecule has 0 bridgehead atoms. The molecular formula is C28H20BrClN2O4. The SMILES string of the molecule is COc1ccc(C(=O)[C@@H]2[C@@H]3C(=O)N(c4cccc(Cl)c4)C(=O)[C@@H]3[C@H]3c4ccccc4C=CN23)cc1Br. The summed E-state index contributed by atoms with van der Waals surface area (Å²) in [5.74, 6) is -1.89. The molecule has 0 N–H and O–H groups in total. The lowest BCUT2D eigenvalue weighted by Crippen LogP contribution is -2.44. The van der Waals surface area contributed by atoms with Crippen molar-refractivity contribution < 1.29 is 19.1 Å². The Bertz CT molecular complexity index is 1470. The fraction of sp³-hybridized carbons (Fsp3) is 0.179. The van der Waals surface area contributed by atoms with Crippen LogP contribution in [0.2, 0.25) is 5.02 Å². The van der Waals surface area contributed by atoms with Gasteiger partial charge in [0.15, 0.2) is 5.78 Å². The summed E-state index contributed by atoms with van der Waals surface area (Å²) in [6.45, 7) is 0. The molecule has 2 saturated heterocycles.